The Morgan fingerprint density at radius 2 is 1.27 bits per heavy atom. The summed E-state index contributed by atoms with van der Waals surface area (Å²) in [6, 6.07) is -0.00174. The molecule has 0 aliphatic heterocycles. The lowest BCUT2D eigenvalue weighted by molar-refractivity contribution is -0.125. The van der Waals surface area contributed by atoms with Crippen molar-refractivity contribution >= 4 is 5.91 Å². The van der Waals surface area contributed by atoms with Crippen LogP contribution in [0.15, 0.2) is 0 Å². The normalized spacial score (nSPS) is 12.6. The molecule has 1 N–H and O–H groups in total. The number of nitrogens with one attached hydrogen (secondary N) is 1. The van der Waals surface area contributed by atoms with Gasteiger partial charge >= 0.3 is 0 Å². The van der Waals surface area contributed by atoms with E-state index >= 15 is 0 Å². The standard InChI is InChI=1S/C19H40N2O/c1-5-8-9-10-11-12-13-14-15-16-17-20-19(22)18(4)21(6-2)7-3/h18H,5-17H2,1-4H3,(H,20,22). The van der Waals surface area contributed by atoms with Gasteiger partial charge in [0, 0.05) is 6.54 Å². The van der Waals surface area contributed by atoms with Crippen LogP contribution in [0.4, 0.5) is 0 Å². The molecule has 3 heteroatoms. The van der Waals surface area contributed by atoms with E-state index in [1.807, 2.05) is 6.92 Å². The van der Waals surface area contributed by atoms with Gasteiger partial charge in [-0.05, 0) is 26.4 Å². The maximum atomic E-state index is 12.0. The number of hydrogen-bond donors (Lipinski definition) is 1. The molecule has 1 unspecified atom stereocenters. The van der Waals surface area contributed by atoms with Crippen molar-refractivity contribution in [2.45, 2.75) is 97.9 Å². The molecule has 0 aliphatic rings. The Hall–Kier alpha value is -0.570. The van der Waals surface area contributed by atoms with Crippen molar-refractivity contribution in [2.24, 2.45) is 0 Å². The van der Waals surface area contributed by atoms with Crippen molar-refractivity contribution < 1.29 is 4.79 Å². The van der Waals surface area contributed by atoms with E-state index in [0.717, 1.165) is 26.1 Å². The van der Waals surface area contributed by atoms with Crippen molar-refractivity contribution in [3.63, 3.8) is 0 Å². The zero-order valence-electron chi connectivity index (χ0n) is 15.6. The average Bonchev–Trinajstić information content (AvgIpc) is 2.53. The number of carbonyl (C=O) groups is 1. The second-order valence-corrected chi connectivity index (χ2v) is 6.37. The zero-order chi connectivity index (χ0) is 16.6. The Labute approximate surface area is 139 Å². The van der Waals surface area contributed by atoms with Crippen LogP contribution in [0.2, 0.25) is 0 Å². The van der Waals surface area contributed by atoms with Crippen LogP contribution in [0.3, 0.4) is 0 Å². The molecular weight excluding hydrogens is 272 g/mol. The lowest BCUT2D eigenvalue weighted by atomic mass is 10.1. The van der Waals surface area contributed by atoms with E-state index < -0.39 is 0 Å². The van der Waals surface area contributed by atoms with E-state index in [4.69, 9.17) is 0 Å². The molecule has 0 fully saturated rings. The van der Waals surface area contributed by atoms with E-state index in [1.54, 1.807) is 0 Å². The summed E-state index contributed by atoms with van der Waals surface area (Å²) in [5.74, 6) is 0.180. The first-order valence-corrected chi connectivity index (χ1v) is 9.69. The van der Waals surface area contributed by atoms with Gasteiger partial charge in [-0.25, -0.2) is 0 Å². The van der Waals surface area contributed by atoms with E-state index in [9.17, 15) is 4.79 Å². The third kappa shape index (κ3) is 11.1. The summed E-state index contributed by atoms with van der Waals surface area (Å²) in [7, 11) is 0. The molecule has 0 heterocycles. The van der Waals surface area contributed by atoms with Crippen LogP contribution >= 0.6 is 0 Å². The third-order valence-electron chi connectivity index (χ3n) is 4.57. The predicted octanol–water partition coefficient (Wildman–Crippen LogP) is 4.75. The molecular formula is C19H40N2O. The number of hydrogen-bond acceptors (Lipinski definition) is 2. The molecule has 0 aromatic rings. The minimum atomic E-state index is -0.00174. The summed E-state index contributed by atoms with van der Waals surface area (Å²) in [4.78, 5) is 14.2. The van der Waals surface area contributed by atoms with Gasteiger partial charge in [-0.1, -0.05) is 78.6 Å². The highest BCUT2D eigenvalue weighted by Gasteiger charge is 2.17. The van der Waals surface area contributed by atoms with Gasteiger partial charge in [0.15, 0.2) is 0 Å². The third-order valence-corrected chi connectivity index (χ3v) is 4.57. The van der Waals surface area contributed by atoms with Crippen molar-refractivity contribution in [2.75, 3.05) is 19.6 Å². The number of unbranched alkanes of at least 4 members (excludes halogenated alkanes) is 9. The van der Waals surface area contributed by atoms with Gasteiger partial charge in [-0.3, -0.25) is 9.69 Å². The number of nitrogens with zero attached hydrogens (tertiary/aromatic N) is 1. The second kappa shape index (κ2) is 15.3. The summed E-state index contributed by atoms with van der Waals surface area (Å²) in [6.45, 7) is 11.2. The fourth-order valence-electron chi connectivity index (χ4n) is 2.91. The molecule has 0 saturated heterocycles. The maximum Gasteiger partial charge on any atom is 0.237 e. The number of rotatable bonds is 15. The fraction of sp³-hybridized carbons (Fsp3) is 0.947. The first-order valence-electron chi connectivity index (χ1n) is 9.69. The first kappa shape index (κ1) is 21.4. The van der Waals surface area contributed by atoms with Crippen LogP contribution in [-0.2, 0) is 4.79 Å². The molecule has 22 heavy (non-hydrogen) atoms. The van der Waals surface area contributed by atoms with Gasteiger partial charge < -0.3 is 5.32 Å². The maximum absolute atomic E-state index is 12.0. The van der Waals surface area contributed by atoms with Crippen LogP contribution in [0.1, 0.15) is 91.9 Å². The molecule has 0 saturated carbocycles. The SMILES string of the molecule is CCCCCCCCCCCCNC(=O)C(C)N(CC)CC. The quantitative estimate of drug-likeness (QED) is 0.442. The van der Waals surface area contributed by atoms with Crippen LogP contribution in [-0.4, -0.2) is 36.5 Å². The number of amides is 1. The van der Waals surface area contributed by atoms with Crippen LogP contribution in [0.25, 0.3) is 0 Å². The molecule has 0 radical (unpaired) electrons. The molecule has 3 nitrogen and oxygen atoms in total. The highest BCUT2D eigenvalue weighted by Crippen LogP contribution is 2.10. The molecule has 132 valence electrons. The zero-order valence-corrected chi connectivity index (χ0v) is 15.6. The van der Waals surface area contributed by atoms with Gasteiger partial charge in [0.1, 0.15) is 0 Å². The second-order valence-electron chi connectivity index (χ2n) is 6.37. The number of likely N-dealkylation sites (N-methyl/N-ethyl adjacent to an activating group) is 1. The van der Waals surface area contributed by atoms with Crippen LogP contribution in [0, 0.1) is 0 Å². The van der Waals surface area contributed by atoms with E-state index in [2.05, 4.69) is 31.0 Å². The fourth-order valence-corrected chi connectivity index (χ4v) is 2.91. The molecule has 1 atom stereocenters. The van der Waals surface area contributed by atoms with Gasteiger partial charge in [0.2, 0.25) is 5.91 Å². The Kier molecular flexibility index (Phi) is 14.9. The Morgan fingerprint density at radius 1 is 0.818 bits per heavy atom. The van der Waals surface area contributed by atoms with Gasteiger partial charge in [-0.2, -0.15) is 0 Å². The Bertz CT molecular complexity index is 252. The monoisotopic (exact) mass is 312 g/mol. The lowest BCUT2D eigenvalue weighted by Gasteiger charge is -2.25. The van der Waals surface area contributed by atoms with Crippen molar-refractivity contribution in [3.8, 4) is 0 Å². The molecule has 0 aromatic carbocycles. The average molecular weight is 313 g/mol. The van der Waals surface area contributed by atoms with Crippen molar-refractivity contribution in [1.29, 1.82) is 0 Å². The lowest BCUT2D eigenvalue weighted by Crippen LogP contribution is -2.45. The summed E-state index contributed by atoms with van der Waals surface area (Å²) >= 11 is 0. The topological polar surface area (TPSA) is 32.3 Å². The highest BCUT2D eigenvalue weighted by atomic mass is 16.2. The van der Waals surface area contributed by atoms with Gasteiger partial charge in [0.25, 0.3) is 0 Å². The van der Waals surface area contributed by atoms with Crippen LogP contribution < -0.4 is 5.32 Å². The van der Waals surface area contributed by atoms with E-state index in [-0.39, 0.29) is 11.9 Å². The molecule has 0 aliphatic carbocycles. The largest absolute Gasteiger partial charge is 0.355 e. The summed E-state index contributed by atoms with van der Waals surface area (Å²) in [5.41, 5.74) is 0. The smallest absolute Gasteiger partial charge is 0.237 e. The molecule has 0 aromatic heterocycles. The Balaban J connectivity index is 3.40. The highest BCUT2D eigenvalue weighted by molar-refractivity contribution is 5.81. The first-order chi connectivity index (χ1) is 10.7. The minimum Gasteiger partial charge on any atom is -0.355 e. The molecule has 0 spiro atoms. The molecule has 0 rings (SSSR count). The molecule has 0 bridgehead atoms. The van der Waals surface area contributed by atoms with Crippen LogP contribution in [0.5, 0.6) is 0 Å². The molecule has 1 amide bonds. The predicted molar refractivity (Wildman–Crippen MR) is 97.2 cm³/mol. The summed E-state index contributed by atoms with van der Waals surface area (Å²) < 4.78 is 0. The Morgan fingerprint density at radius 3 is 1.73 bits per heavy atom. The van der Waals surface area contributed by atoms with E-state index in [0.29, 0.717) is 0 Å². The van der Waals surface area contributed by atoms with E-state index in [1.165, 1.54) is 57.8 Å². The number of carbonyl (C=O) groups excluding carboxylic acids is 1. The van der Waals surface area contributed by atoms with Gasteiger partial charge in [-0.15, -0.1) is 0 Å². The minimum absolute atomic E-state index is 0.00174. The van der Waals surface area contributed by atoms with Crippen molar-refractivity contribution in [1.82, 2.24) is 10.2 Å². The van der Waals surface area contributed by atoms with Crippen molar-refractivity contribution in [3.05, 3.63) is 0 Å². The van der Waals surface area contributed by atoms with Gasteiger partial charge in [0.05, 0.1) is 6.04 Å². The summed E-state index contributed by atoms with van der Waals surface area (Å²) in [6.07, 6.45) is 13.4. The summed E-state index contributed by atoms with van der Waals surface area (Å²) in [5, 5.41) is 3.08.